The third-order valence-corrected chi connectivity index (χ3v) is 5.53. The SMILES string of the molecule is COc1cccc(NS(=O)(=O)c2ccc(OCC(=O)Nc3ccc(F)c(F)c3F)cc2)c1. The summed E-state index contributed by atoms with van der Waals surface area (Å²) in [6, 6.07) is 13.1. The van der Waals surface area contributed by atoms with Crippen LogP contribution in [-0.2, 0) is 14.8 Å². The van der Waals surface area contributed by atoms with Crippen molar-refractivity contribution in [1.82, 2.24) is 0 Å². The van der Waals surface area contributed by atoms with E-state index in [1.54, 1.807) is 18.2 Å². The molecule has 0 aliphatic heterocycles. The maximum Gasteiger partial charge on any atom is 0.262 e. The molecule has 1 amide bonds. The Hall–Kier alpha value is -3.73. The van der Waals surface area contributed by atoms with E-state index in [0.717, 1.165) is 6.07 Å². The molecule has 0 aliphatic rings. The second-order valence-electron chi connectivity index (χ2n) is 6.37. The summed E-state index contributed by atoms with van der Waals surface area (Å²) in [6.45, 7) is -0.577. The third-order valence-electron chi connectivity index (χ3n) is 4.14. The summed E-state index contributed by atoms with van der Waals surface area (Å²) in [5.74, 6) is -4.81. The van der Waals surface area contributed by atoms with E-state index in [9.17, 15) is 26.4 Å². The number of halogens is 3. The van der Waals surface area contributed by atoms with E-state index in [-0.39, 0.29) is 10.6 Å². The van der Waals surface area contributed by atoms with Gasteiger partial charge in [-0.15, -0.1) is 0 Å². The number of rotatable bonds is 8. The maximum atomic E-state index is 13.6. The van der Waals surface area contributed by atoms with Gasteiger partial charge in [-0.2, -0.15) is 0 Å². The minimum absolute atomic E-state index is 0.0546. The van der Waals surface area contributed by atoms with Crippen molar-refractivity contribution in [2.45, 2.75) is 4.90 Å². The number of benzene rings is 3. The fourth-order valence-corrected chi connectivity index (χ4v) is 3.62. The monoisotopic (exact) mass is 466 g/mol. The largest absolute Gasteiger partial charge is 0.497 e. The third kappa shape index (κ3) is 5.49. The maximum absolute atomic E-state index is 13.6. The number of methoxy groups -OCH3 is 1. The molecule has 168 valence electrons. The van der Waals surface area contributed by atoms with Gasteiger partial charge in [0.15, 0.2) is 24.1 Å². The van der Waals surface area contributed by atoms with Gasteiger partial charge in [0.05, 0.1) is 23.4 Å². The second-order valence-corrected chi connectivity index (χ2v) is 8.05. The highest BCUT2D eigenvalue weighted by Gasteiger charge is 2.17. The fourth-order valence-electron chi connectivity index (χ4n) is 2.57. The van der Waals surface area contributed by atoms with E-state index >= 15 is 0 Å². The van der Waals surface area contributed by atoms with Gasteiger partial charge in [0.2, 0.25) is 0 Å². The Balaban J connectivity index is 1.60. The first-order valence-electron chi connectivity index (χ1n) is 9.02. The molecule has 0 aromatic heterocycles. The summed E-state index contributed by atoms with van der Waals surface area (Å²) in [5.41, 5.74) is -0.228. The summed E-state index contributed by atoms with van der Waals surface area (Å²) < 4.78 is 77.5. The van der Waals surface area contributed by atoms with Crippen molar-refractivity contribution in [1.29, 1.82) is 0 Å². The van der Waals surface area contributed by atoms with E-state index in [4.69, 9.17) is 9.47 Å². The summed E-state index contributed by atoms with van der Waals surface area (Å²) in [6.07, 6.45) is 0. The van der Waals surface area contributed by atoms with Gasteiger partial charge >= 0.3 is 0 Å². The van der Waals surface area contributed by atoms with Crippen LogP contribution in [0.3, 0.4) is 0 Å². The van der Waals surface area contributed by atoms with Gasteiger partial charge in [-0.3, -0.25) is 9.52 Å². The first kappa shape index (κ1) is 22.9. The van der Waals surface area contributed by atoms with Crippen LogP contribution in [0.5, 0.6) is 11.5 Å². The van der Waals surface area contributed by atoms with Gasteiger partial charge in [0.1, 0.15) is 11.5 Å². The normalized spacial score (nSPS) is 11.0. The van der Waals surface area contributed by atoms with Gasteiger partial charge in [0, 0.05) is 6.07 Å². The van der Waals surface area contributed by atoms with E-state index in [1.165, 1.54) is 37.4 Å². The first-order valence-corrected chi connectivity index (χ1v) is 10.5. The smallest absolute Gasteiger partial charge is 0.262 e. The Bertz CT molecular complexity index is 1230. The fraction of sp³-hybridized carbons (Fsp3) is 0.0952. The highest BCUT2D eigenvalue weighted by atomic mass is 32.2. The van der Waals surface area contributed by atoms with Crippen LogP contribution in [0.2, 0.25) is 0 Å². The van der Waals surface area contributed by atoms with E-state index in [2.05, 4.69) is 10.0 Å². The van der Waals surface area contributed by atoms with Gasteiger partial charge in [-0.1, -0.05) is 6.07 Å². The molecule has 0 fully saturated rings. The molecule has 0 spiro atoms. The average molecular weight is 466 g/mol. The van der Waals surface area contributed by atoms with Gasteiger partial charge in [-0.05, 0) is 48.5 Å². The Labute approximate surface area is 181 Å². The molecular weight excluding hydrogens is 449 g/mol. The van der Waals surface area contributed by atoms with Crippen LogP contribution in [0.25, 0.3) is 0 Å². The number of hydrogen-bond donors (Lipinski definition) is 2. The van der Waals surface area contributed by atoms with E-state index < -0.39 is 45.7 Å². The number of anilines is 2. The van der Waals surface area contributed by atoms with E-state index in [1.807, 2.05) is 0 Å². The molecule has 7 nitrogen and oxygen atoms in total. The van der Waals surface area contributed by atoms with Crippen LogP contribution in [0.4, 0.5) is 24.5 Å². The topological polar surface area (TPSA) is 93.7 Å². The van der Waals surface area contributed by atoms with Gasteiger partial charge < -0.3 is 14.8 Å². The van der Waals surface area contributed by atoms with Crippen molar-refractivity contribution in [3.05, 3.63) is 78.1 Å². The lowest BCUT2D eigenvalue weighted by Gasteiger charge is -2.11. The Morgan fingerprint density at radius 2 is 1.66 bits per heavy atom. The predicted octanol–water partition coefficient (Wildman–Crippen LogP) is 3.93. The molecular formula is C21H17F3N2O5S. The first-order chi connectivity index (χ1) is 15.2. The molecule has 0 atom stereocenters. The molecule has 0 heterocycles. The van der Waals surface area contributed by atoms with Gasteiger partial charge in [0.25, 0.3) is 15.9 Å². The minimum Gasteiger partial charge on any atom is -0.497 e. The van der Waals surface area contributed by atoms with E-state index in [0.29, 0.717) is 17.5 Å². The molecule has 0 saturated heterocycles. The molecule has 3 aromatic carbocycles. The predicted molar refractivity (Wildman–Crippen MR) is 111 cm³/mol. The van der Waals surface area contributed by atoms with Crippen LogP contribution >= 0.6 is 0 Å². The van der Waals surface area contributed by atoms with Crippen LogP contribution in [0.15, 0.2) is 65.6 Å². The van der Waals surface area contributed by atoms with Crippen molar-refractivity contribution >= 4 is 27.3 Å². The number of amides is 1. The molecule has 0 bridgehead atoms. The van der Waals surface area contributed by atoms with Crippen molar-refractivity contribution in [2.24, 2.45) is 0 Å². The number of sulfonamides is 1. The minimum atomic E-state index is -3.89. The molecule has 3 aromatic rings. The number of carbonyl (C=O) groups excluding carboxylic acids is 1. The molecule has 0 unspecified atom stereocenters. The molecule has 0 aliphatic carbocycles. The van der Waals surface area contributed by atoms with Crippen molar-refractivity contribution in [3.8, 4) is 11.5 Å². The van der Waals surface area contributed by atoms with Crippen LogP contribution in [0, 0.1) is 17.5 Å². The highest BCUT2D eigenvalue weighted by molar-refractivity contribution is 7.92. The Morgan fingerprint density at radius 1 is 0.938 bits per heavy atom. The second kappa shape index (κ2) is 9.60. The Kier molecular flexibility index (Phi) is 6.89. The highest BCUT2D eigenvalue weighted by Crippen LogP contribution is 2.23. The lowest BCUT2D eigenvalue weighted by molar-refractivity contribution is -0.118. The molecule has 2 N–H and O–H groups in total. The summed E-state index contributed by atoms with van der Waals surface area (Å²) in [4.78, 5) is 11.8. The number of ether oxygens (including phenoxy) is 2. The lowest BCUT2D eigenvalue weighted by Crippen LogP contribution is -2.21. The molecule has 0 radical (unpaired) electrons. The standard InChI is InChI=1S/C21H17F3N2O5S/c1-30-15-4-2-3-13(11-15)26-32(28,29)16-7-5-14(6-8-16)31-12-19(27)25-18-10-9-17(22)20(23)21(18)24/h2-11,26H,12H2,1H3,(H,25,27). The quantitative estimate of drug-likeness (QED) is 0.491. The zero-order valence-electron chi connectivity index (χ0n) is 16.6. The van der Waals surface area contributed by atoms with Crippen LogP contribution in [0.1, 0.15) is 0 Å². The van der Waals surface area contributed by atoms with Crippen molar-refractivity contribution in [3.63, 3.8) is 0 Å². The Morgan fingerprint density at radius 3 is 2.34 bits per heavy atom. The number of nitrogens with one attached hydrogen (secondary N) is 2. The molecule has 0 saturated carbocycles. The van der Waals surface area contributed by atoms with Crippen LogP contribution in [-0.4, -0.2) is 28.0 Å². The summed E-state index contributed by atoms with van der Waals surface area (Å²) >= 11 is 0. The van der Waals surface area contributed by atoms with Crippen molar-refractivity contribution in [2.75, 3.05) is 23.8 Å². The zero-order valence-corrected chi connectivity index (χ0v) is 17.4. The lowest BCUT2D eigenvalue weighted by atomic mass is 10.3. The zero-order chi connectivity index (χ0) is 23.3. The van der Waals surface area contributed by atoms with Gasteiger partial charge in [-0.25, -0.2) is 21.6 Å². The van der Waals surface area contributed by atoms with Crippen molar-refractivity contribution < 1.29 is 35.9 Å². The van der Waals surface area contributed by atoms with Crippen LogP contribution < -0.4 is 19.5 Å². The molecule has 11 heteroatoms. The molecule has 32 heavy (non-hydrogen) atoms. The summed E-state index contributed by atoms with van der Waals surface area (Å²) in [7, 11) is -2.43. The summed E-state index contributed by atoms with van der Waals surface area (Å²) in [5, 5.41) is 2.06. The average Bonchev–Trinajstić information content (AvgIpc) is 2.78. The number of hydrogen-bond acceptors (Lipinski definition) is 5. The molecule has 3 rings (SSSR count). The number of carbonyl (C=O) groups is 1.